The molecule has 6 rings (SSSR count). The summed E-state index contributed by atoms with van der Waals surface area (Å²) in [6.45, 7) is 13.8. The lowest BCUT2D eigenvalue weighted by atomic mass is 9.56. The molecule has 0 radical (unpaired) electrons. The number of likely N-dealkylation sites (tertiary alicyclic amines) is 1. The highest BCUT2D eigenvalue weighted by atomic mass is 32.2. The van der Waals surface area contributed by atoms with E-state index in [-0.39, 0.29) is 22.9 Å². The molecule has 4 aliphatic carbocycles. The highest BCUT2D eigenvalue weighted by Gasteiger charge is 2.59. The number of carbonyl (C=O) groups is 1. The van der Waals surface area contributed by atoms with Crippen LogP contribution in [0, 0.1) is 35.0 Å². The van der Waals surface area contributed by atoms with Gasteiger partial charge in [0.25, 0.3) is 0 Å². The first-order chi connectivity index (χ1) is 19.0. The van der Waals surface area contributed by atoms with E-state index in [1.54, 1.807) is 11.1 Å². The molecule has 0 bridgehead atoms. The molecule has 2 heterocycles. The Morgan fingerprint density at radius 3 is 2.75 bits per heavy atom. The zero-order chi connectivity index (χ0) is 28.4. The molecule has 2 saturated carbocycles. The SMILES string of the molecule is CCCS(=O)(=O)NCCN1C[C@@H](C)C[C@H]2O[C@]3(CC[C@@H]4C(=C(C)C3)C[C@H]3[C@H]4CCC4=CC(=O)CC[C@@]43C)[C@H](C)[C@@H]21. The number of fused-ring (bicyclic) bond motifs is 6. The minimum Gasteiger partial charge on any atom is -0.369 e. The largest absolute Gasteiger partial charge is 0.369 e. The molecule has 0 aromatic rings. The van der Waals surface area contributed by atoms with E-state index < -0.39 is 10.0 Å². The number of sulfonamides is 1. The van der Waals surface area contributed by atoms with Crippen LogP contribution in [0.1, 0.15) is 98.8 Å². The van der Waals surface area contributed by atoms with E-state index in [1.165, 1.54) is 24.8 Å². The molecule has 0 aromatic heterocycles. The van der Waals surface area contributed by atoms with Gasteiger partial charge < -0.3 is 4.74 Å². The molecule has 7 heteroatoms. The third kappa shape index (κ3) is 4.89. The minimum atomic E-state index is -3.19. The number of rotatable bonds is 6. The summed E-state index contributed by atoms with van der Waals surface area (Å²) in [7, 11) is -3.19. The van der Waals surface area contributed by atoms with Crippen LogP contribution in [0.3, 0.4) is 0 Å². The van der Waals surface area contributed by atoms with Crippen LogP contribution in [0.5, 0.6) is 0 Å². The predicted octanol–water partition coefficient (Wildman–Crippen LogP) is 5.64. The van der Waals surface area contributed by atoms with Crippen LogP contribution in [0.15, 0.2) is 22.8 Å². The third-order valence-corrected chi connectivity index (χ3v) is 13.9. The van der Waals surface area contributed by atoms with E-state index in [2.05, 4.69) is 37.3 Å². The molecule has 2 aliphatic heterocycles. The van der Waals surface area contributed by atoms with Crippen molar-refractivity contribution in [3.05, 3.63) is 22.8 Å². The lowest BCUT2D eigenvalue weighted by Crippen LogP contribution is -2.53. The summed E-state index contributed by atoms with van der Waals surface area (Å²) in [5, 5.41) is 0. The average Bonchev–Trinajstić information content (AvgIpc) is 3.34. The Labute approximate surface area is 242 Å². The number of piperidine rings is 1. The van der Waals surface area contributed by atoms with Crippen molar-refractivity contribution in [3.8, 4) is 0 Å². The van der Waals surface area contributed by atoms with Gasteiger partial charge in [-0.3, -0.25) is 9.69 Å². The number of ether oxygens (including phenoxy) is 1. The Hall–Kier alpha value is -1.02. The molecule has 4 fully saturated rings. The maximum atomic E-state index is 12.3. The summed E-state index contributed by atoms with van der Waals surface area (Å²) in [6, 6.07) is 0.358. The number of hydrogen-bond acceptors (Lipinski definition) is 5. The van der Waals surface area contributed by atoms with Crippen molar-refractivity contribution in [2.45, 2.75) is 117 Å². The molecule has 9 atom stereocenters. The number of nitrogens with zero attached hydrogens (tertiary/aromatic N) is 1. The second-order valence-electron chi connectivity index (χ2n) is 14.7. The molecule has 0 aromatic carbocycles. The van der Waals surface area contributed by atoms with Crippen molar-refractivity contribution in [2.24, 2.45) is 35.0 Å². The summed E-state index contributed by atoms with van der Waals surface area (Å²) in [5.74, 6) is 3.60. The first-order valence-electron chi connectivity index (χ1n) is 16.3. The monoisotopic (exact) mass is 572 g/mol. The lowest BCUT2D eigenvalue weighted by molar-refractivity contribution is -0.116. The van der Waals surface area contributed by atoms with E-state index >= 15 is 0 Å². The molecule has 224 valence electrons. The molecule has 2 saturated heterocycles. The lowest BCUT2D eigenvalue weighted by Gasteiger charge is -2.48. The van der Waals surface area contributed by atoms with Crippen molar-refractivity contribution in [1.29, 1.82) is 0 Å². The Balaban J connectivity index is 1.21. The summed E-state index contributed by atoms with van der Waals surface area (Å²) in [6.07, 6.45) is 12.7. The molecule has 0 amide bonds. The molecule has 6 nitrogen and oxygen atoms in total. The van der Waals surface area contributed by atoms with Gasteiger partial charge in [-0.05, 0) is 99.9 Å². The average molecular weight is 573 g/mol. The van der Waals surface area contributed by atoms with Gasteiger partial charge in [-0.2, -0.15) is 0 Å². The molecule has 40 heavy (non-hydrogen) atoms. The fraction of sp³-hybridized carbons (Fsp3) is 0.848. The van der Waals surface area contributed by atoms with Gasteiger partial charge in [-0.1, -0.05) is 44.4 Å². The van der Waals surface area contributed by atoms with Gasteiger partial charge in [0.05, 0.1) is 17.5 Å². The highest BCUT2D eigenvalue weighted by Crippen LogP contribution is 2.64. The quantitative estimate of drug-likeness (QED) is 0.417. The summed E-state index contributed by atoms with van der Waals surface area (Å²) in [5.41, 5.74) is 4.84. The van der Waals surface area contributed by atoms with Crippen molar-refractivity contribution in [3.63, 3.8) is 0 Å². The Morgan fingerprint density at radius 2 is 1.98 bits per heavy atom. The van der Waals surface area contributed by atoms with Crippen molar-refractivity contribution < 1.29 is 17.9 Å². The molecule has 6 aliphatic rings. The Morgan fingerprint density at radius 1 is 1.18 bits per heavy atom. The smallest absolute Gasteiger partial charge is 0.211 e. The van der Waals surface area contributed by atoms with E-state index in [4.69, 9.17) is 4.74 Å². The van der Waals surface area contributed by atoms with E-state index in [0.29, 0.717) is 48.5 Å². The standard InChI is InChI=1S/C33H52N2O4S/c1-6-15-40(37,38)34-13-14-35-20-21(2)16-30-31(35)23(4)33(39-30)12-10-26-27-8-7-24-17-25(36)9-11-32(24,5)29(27)18-28(26)22(3)19-33/h17,21,23,26-27,29-31,34H,6-16,18-20H2,1-5H3/t21-,23+,26-,27-,29-,30+,31-,32-,33-/m0/s1. The highest BCUT2D eigenvalue weighted by molar-refractivity contribution is 7.89. The van der Waals surface area contributed by atoms with Gasteiger partial charge >= 0.3 is 0 Å². The number of carbonyl (C=O) groups excluding carboxylic acids is 1. The number of ketones is 1. The van der Waals surface area contributed by atoms with Crippen LogP contribution >= 0.6 is 0 Å². The van der Waals surface area contributed by atoms with Gasteiger partial charge in [-0.15, -0.1) is 0 Å². The maximum absolute atomic E-state index is 12.3. The van der Waals surface area contributed by atoms with Gasteiger partial charge in [0, 0.05) is 38.0 Å². The number of nitrogens with one attached hydrogen (secondary N) is 1. The predicted molar refractivity (Wildman–Crippen MR) is 159 cm³/mol. The first kappa shape index (κ1) is 29.1. The molecular weight excluding hydrogens is 520 g/mol. The second kappa shape index (κ2) is 10.6. The normalized spacial score (nSPS) is 43.7. The molecule has 1 N–H and O–H groups in total. The molecular formula is C33H52N2O4S. The van der Waals surface area contributed by atoms with E-state index in [0.717, 1.165) is 57.5 Å². The maximum Gasteiger partial charge on any atom is 0.211 e. The molecule has 1 spiro atoms. The zero-order valence-corrected chi connectivity index (χ0v) is 26.3. The van der Waals surface area contributed by atoms with Gasteiger partial charge in [0.15, 0.2) is 5.78 Å². The summed E-state index contributed by atoms with van der Waals surface area (Å²) >= 11 is 0. The van der Waals surface area contributed by atoms with Crippen LogP contribution in [0.2, 0.25) is 0 Å². The van der Waals surface area contributed by atoms with Gasteiger partial charge in [0.2, 0.25) is 10.0 Å². The van der Waals surface area contributed by atoms with Crippen LogP contribution in [0.25, 0.3) is 0 Å². The van der Waals surface area contributed by atoms with Crippen molar-refractivity contribution >= 4 is 15.8 Å². The Bertz CT molecular complexity index is 1190. The van der Waals surface area contributed by atoms with Crippen molar-refractivity contribution in [2.75, 3.05) is 25.4 Å². The minimum absolute atomic E-state index is 0.114. The Kier molecular flexibility index (Phi) is 7.71. The second-order valence-corrected chi connectivity index (χ2v) is 16.7. The van der Waals surface area contributed by atoms with Gasteiger partial charge in [0.1, 0.15) is 0 Å². The summed E-state index contributed by atoms with van der Waals surface area (Å²) < 4.78 is 34.6. The summed E-state index contributed by atoms with van der Waals surface area (Å²) in [4.78, 5) is 14.8. The van der Waals surface area contributed by atoms with Gasteiger partial charge in [-0.25, -0.2) is 13.1 Å². The number of allylic oxidation sites excluding steroid dienone is 3. The fourth-order valence-corrected chi connectivity index (χ4v) is 11.5. The van der Waals surface area contributed by atoms with Crippen LogP contribution < -0.4 is 4.72 Å². The number of hydrogen-bond donors (Lipinski definition) is 1. The van der Waals surface area contributed by atoms with E-state index in [9.17, 15) is 13.2 Å². The fourth-order valence-electron chi connectivity index (χ4n) is 10.4. The molecule has 0 unspecified atom stereocenters. The van der Waals surface area contributed by atoms with E-state index in [1.807, 2.05) is 13.0 Å². The van der Waals surface area contributed by atoms with Crippen LogP contribution in [-0.2, 0) is 19.6 Å². The first-order valence-corrected chi connectivity index (χ1v) is 17.9. The van der Waals surface area contributed by atoms with Crippen LogP contribution in [-0.4, -0.2) is 62.2 Å². The zero-order valence-electron chi connectivity index (χ0n) is 25.5. The topological polar surface area (TPSA) is 75.7 Å². The van der Waals surface area contributed by atoms with Crippen LogP contribution in [0.4, 0.5) is 0 Å². The third-order valence-electron chi connectivity index (χ3n) is 12.3. The van der Waals surface area contributed by atoms with Crippen molar-refractivity contribution in [1.82, 2.24) is 9.62 Å².